The van der Waals surface area contributed by atoms with Crippen molar-refractivity contribution in [3.63, 3.8) is 0 Å². The Balaban J connectivity index is 1.85. The molecule has 1 aliphatic rings. The number of aromatic nitrogens is 1. The van der Waals surface area contributed by atoms with Gasteiger partial charge in [-0.3, -0.25) is 4.79 Å². The average Bonchev–Trinajstić information content (AvgIpc) is 2.86. The maximum absolute atomic E-state index is 12.4. The largest absolute Gasteiger partial charge is 0.350 e. The van der Waals surface area contributed by atoms with Gasteiger partial charge in [0.05, 0.1) is 0 Å². The Labute approximate surface area is 136 Å². The van der Waals surface area contributed by atoms with Gasteiger partial charge in [-0.2, -0.15) is 0 Å². The number of aryl methyl sites for hydroxylation is 1. The second-order valence-corrected chi connectivity index (χ2v) is 7.16. The lowest BCUT2D eigenvalue weighted by atomic mass is 9.81. The van der Waals surface area contributed by atoms with E-state index >= 15 is 0 Å². The number of nitrogens with one attached hydrogen (secondary N) is 1. The van der Waals surface area contributed by atoms with Crippen molar-refractivity contribution in [1.29, 1.82) is 0 Å². The lowest BCUT2D eigenvalue weighted by Gasteiger charge is -2.27. The first-order chi connectivity index (χ1) is 10.1. The number of amides is 1. The highest BCUT2D eigenvalue weighted by molar-refractivity contribution is 9.10. The minimum absolute atomic E-state index is 0.0618. The Hall–Kier alpha value is -0.770. The van der Waals surface area contributed by atoms with Gasteiger partial charge in [0.15, 0.2) is 0 Å². The second-order valence-electron chi connectivity index (χ2n) is 6.24. The fraction of sp³-hybridized carbons (Fsp3) is 0.706. The zero-order valence-corrected chi connectivity index (χ0v) is 14.8. The molecule has 1 heterocycles. The summed E-state index contributed by atoms with van der Waals surface area (Å²) in [7, 11) is 0. The number of hydrogen-bond donors (Lipinski definition) is 1. The maximum atomic E-state index is 12.4. The Morgan fingerprint density at radius 1 is 1.29 bits per heavy atom. The Kier molecular flexibility index (Phi) is 6.34. The van der Waals surface area contributed by atoms with Gasteiger partial charge >= 0.3 is 0 Å². The third-order valence-corrected chi connectivity index (χ3v) is 5.09. The minimum Gasteiger partial charge on any atom is -0.350 e. The topological polar surface area (TPSA) is 34.0 Å². The highest BCUT2D eigenvalue weighted by Crippen LogP contribution is 2.30. The lowest BCUT2D eigenvalue weighted by Crippen LogP contribution is -2.32. The van der Waals surface area contributed by atoms with Crippen molar-refractivity contribution in [2.75, 3.05) is 6.54 Å². The van der Waals surface area contributed by atoms with Crippen molar-refractivity contribution in [2.24, 2.45) is 11.8 Å². The fourth-order valence-electron chi connectivity index (χ4n) is 3.26. The molecule has 1 aromatic heterocycles. The summed E-state index contributed by atoms with van der Waals surface area (Å²) in [6.45, 7) is 6.12. The molecular formula is C17H27BrN2O. The first kappa shape index (κ1) is 16.6. The van der Waals surface area contributed by atoms with Gasteiger partial charge in [-0.15, -0.1) is 0 Å². The van der Waals surface area contributed by atoms with Gasteiger partial charge in [0.2, 0.25) is 0 Å². The van der Waals surface area contributed by atoms with E-state index < -0.39 is 0 Å². The molecule has 1 aliphatic carbocycles. The van der Waals surface area contributed by atoms with E-state index in [1.807, 2.05) is 16.8 Å². The number of hydrogen-bond acceptors (Lipinski definition) is 1. The minimum atomic E-state index is 0.0618. The maximum Gasteiger partial charge on any atom is 0.267 e. The molecule has 0 atom stereocenters. The predicted molar refractivity (Wildman–Crippen MR) is 90.5 cm³/mol. The van der Waals surface area contributed by atoms with Crippen molar-refractivity contribution in [3.8, 4) is 0 Å². The van der Waals surface area contributed by atoms with Crippen LogP contribution in [0, 0.1) is 11.8 Å². The highest BCUT2D eigenvalue weighted by Gasteiger charge is 2.21. The Morgan fingerprint density at radius 3 is 2.57 bits per heavy atom. The van der Waals surface area contributed by atoms with Gasteiger partial charge in [0.25, 0.3) is 5.91 Å². The molecule has 0 aliphatic heterocycles. The van der Waals surface area contributed by atoms with E-state index in [4.69, 9.17) is 0 Å². The normalized spacial score (nSPS) is 22.2. The van der Waals surface area contributed by atoms with Crippen LogP contribution in [-0.4, -0.2) is 17.0 Å². The third-order valence-electron chi connectivity index (χ3n) is 4.66. The molecule has 4 heteroatoms. The van der Waals surface area contributed by atoms with Gasteiger partial charge in [-0.1, -0.05) is 33.1 Å². The molecule has 21 heavy (non-hydrogen) atoms. The molecule has 3 nitrogen and oxygen atoms in total. The van der Waals surface area contributed by atoms with Gasteiger partial charge in [-0.05, 0) is 53.1 Å². The van der Waals surface area contributed by atoms with Crippen LogP contribution in [0.25, 0.3) is 0 Å². The molecule has 1 N–H and O–H groups in total. The molecule has 1 saturated carbocycles. The lowest BCUT2D eigenvalue weighted by molar-refractivity contribution is 0.0931. The van der Waals surface area contributed by atoms with Crippen LogP contribution < -0.4 is 5.32 Å². The van der Waals surface area contributed by atoms with Crippen molar-refractivity contribution in [3.05, 3.63) is 22.4 Å². The fourth-order valence-corrected chi connectivity index (χ4v) is 3.73. The van der Waals surface area contributed by atoms with E-state index in [1.54, 1.807) is 0 Å². The number of carbonyl (C=O) groups excluding carboxylic acids is 1. The van der Waals surface area contributed by atoms with Gasteiger partial charge in [-0.25, -0.2) is 0 Å². The molecule has 1 aromatic rings. The molecule has 0 radical (unpaired) electrons. The summed E-state index contributed by atoms with van der Waals surface area (Å²) < 4.78 is 3.01. The van der Waals surface area contributed by atoms with Crippen molar-refractivity contribution >= 4 is 21.8 Å². The smallest absolute Gasteiger partial charge is 0.267 e. The number of halogens is 1. The Morgan fingerprint density at radius 2 is 1.95 bits per heavy atom. The summed E-state index contributed by atoms with van der Waals surface area (Å²) in [4.78, 5) is 12.4. The van der Waals surface area contributed by atoms with E-state index in [-0.39, 0.29) is 5.91 Å². The third kappa shape index (κ3) is 4.60. The zero-order valence-electron chi connectivity index (χ0n) is 13.2. The van der Waals surface area contributed by atoms with Crippen LogP contribution in [0.1, 0.15) is 62.9 Å². The SMILES string of the molecule is CCCn1cc(Br)cc1C(=O)NCC1CCC(CC)CC1. The average molecular weight is 355 g/mol. The van der Waals surface area contributed by atoms with E-state index in [1.165, 1.54) is 32.1 Å². The summed E-state index contributed by atoms with van der Waals surface area (Å²) >= 11 is 3.46. The molecular weight excluding hydrogens is 328 g/mol. The van der Waals surface area contributed by atoms with Gasteiger partial charge < -0.3 is 9.88 Å². The first-order valence-electron chi connectivity index (χ1n) is 8.27. The van der Waals surface area contributed by atoms with Crippen molar-refractivity contribution in [2.45, 2.75) is 58.9 Å². The van der Waals surface area contributed by atoms with Crippen LogP contribution in [0.5, 0.6) is 0 Å². The molecule has 118 valence electrons. The molecule has 0 aromatic carbocycles. The number of rotatable bonds is 6. The summed E-state index contributed by atoms with van der Waals surface area (Å²) in [6, 6.07) is 1.92. The van der Waals surface area contributed by atoms with Crippen molar-refractivity contribution in [1.82, 2.24) is 9.88 Å². The van der Waals surface area contributed by atoms with Crippen molar-refractivity contribution < 1.29 is 4.79 Å². The van der Waals surface area contributed by atoms with E-state index in [2.05, 4.69) is 35.1 Å². The number of nitrogens with zero attached hydrogens (tertiary/aromatic N) is 1. The predicted octanol–water partition coefficient (Wildman–Crippen LogP) is 4.61. The van der Waals surface area contributed by atoms with Crippen LogP contribution in [0.3, 0.4) is 0 Å². The zero-order chi connectivity index (χ0) is 15.2. The summed E-state index contributed by atoms with van der Waals surface area (Å²) in [6.07, 6.45) is 9.51. The summed E-state index contributed by atoms with van der Waals surface area (Å²) in [5.41, 5.74) is 0.769. The van der Waals surface area contributed by atoms with Crippen LogP contribution in [0.4, 0.5) is 0 Å². The molecule has 1 amide bonds. The van der Waals surface area contributed by atoms with E-state index in [0.717, 1.165) is 35.6 Å². The Bertz CT molecular complexity index is 461. The standard InChI is InChI=1S/C17H27BrN2O/c1-3-9-20-12-15(18)10-16(20)17(21)19-11-14-7-5-13(4-2)6-8-14/h10,12-14H,3-9,11H2,1-2H3,(H,19,21). The molecule has 0 spiro atoms. The summed E-state index contributed by atoms with van der Waals surface area (Å²) in [5.74, 6) is 1.64. The molecule has 2 rings (SSSR count). The van der Waals surface area contributed by atoms with Crippen LogP contribution in [-0.2, 0) is 6.54 Å². The van der Waals surface area contributed by atoms with Crippen LogP contribution in [0.2, 0.25) is 0 Å². The molecule has 0 saturated heterocycles. The monoisotopic (exact) mass is 354 g/mol. The number of carbonyl (C=O) groups is 1. The first-order valence-corrected chi connectivity index (χ1v) is 9.07. The van der Waals surface area contributed by atoms with E-state index in [9.17, 15) is 4.79 Å². The van der Waals surface area contributed by atoms with Gasteiger partial charge in [0.1, 0.15) is 5.69 Å². The van der Waals surface area contributed by atoms with Crippen LogP contribution >= 0.6 is 15.9 Å². The van der Waals surface area contributed by atoms with Gasteiger partial charge in [0, 0.05) is 23.8 Å². The summed E-state index contributed by atoms with van der Waals surface area (Å²) in [5, 5.41) is 3.13. The van der Waals surface area contributed by atoms with Crippen LogP contribution in [0.15, 0.2) is 16.7 Å². The quantitative estimate of drug-likeness (QED) is 0.795. The second kappa shape index (κ2) is 8.02. The molecule has 1 fully saturated rings. The molecule has 0 unspecified atom stereocenters. The molecule has 0 bridgehead atoms. The highest BCUT2D eigenvalue weighted by atomic mass is 79.9. The van der Waals surface area contributed by atoms with E-state index in [0.29, 0.717) is 5.92 Å².